The minimum Gasteiger partial charge on any atom is -0.314 e. The predicted octanol–water partition coefficient (Wildman–Crippen LogP) is 2.56. The smallest absolute Gasteiger partial charge is 0.00683 e. The molecule has 1 atom stereocenters. The van der Waals surface area contributed by atoms with E-state index >= 15 is 0 Å². The first-order valence-corrected chi connectivity index (χ1v) is 5.58. The van der Waals surface area contributed by atoms with Gasteiger partial charge in [-0.25, -0.2) is 0 Å². The standard InChI is InChI=1S/C11H21N/c1-9(7-10-3-2-4-10)8-12-11-5-6-11/h9-12H,2-8H2,1H3. The van der Waals surface area contributed by atoms with E-state index in [0.29, 0.717) is 0 Å². The van der Waals surface area contributed by atoms with Gasteiger partial charge >= 0.3 is 0 Å². The van der Waals surface area contributed by atoms with Crippen LogP contribution in [0.3, 0.4) is 0 Å². The van der Waals surface area contributed by atoms with Gasteiger partial charge in [-0.2, -0.15) is 0 Å². The molecule has 0 spiro atoms. The number of hydrogen-bond acceptors (Lipinski definition) is 1. The van der Waals surface area contributed by atoms with Gasteiger partial charge in [0, 0.05) is 6.04 Å². The summed E-state index contributed by atoms with van der Waals surface area (Å²) in [7, 11) is 0. The third-order valence-corrected chi connectivity index (χ3v) is 3.29. The van der Waals surface area contributed by atoms with Gasteiger partial charge in [0.1, 0.15) is 0 Å². The Balaban J connectivity index is 1.52. The summed E-state index contributed by atoms with van der Waals surface area (Å²) in [5.74, 6) is 2.00. The zero-order valence-electron chi connectivity index (χ0n) is 8.18. The summed E-state index contributed by atoms with van der Waals surface area (Å²) in [5.41, 5.74) is 0. The van der Waals surface area contributed by atoms with E-state index in [0.717, 1.165) is 17.9 Å². The molecule has 0 aromatic heterocycles. The summed E-state index contributed by atoms with van der Waals surface area (Å²) in [6.07, 6.45) is 8.83. The van der Waals surface area contributed by atoms with Gasteiger partial charge in [-0.3, -0.25) is 0 Å². The minimum absolute atomic E-state index is 0.897. The Morgan fingerprint density at radius 2 is 2.00 bits per heavy atom. The molecule has 1 N–H and O–H groups in total. The first-order chi connectivity index (χ1) is 5.84. The minimum atomic E-state index is 0.897. The van der Waals surface area contributed by atoms with Crippen LogP contribution >= 0.6 is 0 Å². The molecule has 2 aliphatic carbocycles. The maximum atomic E-state index is 3.61. The normalized spacial score (nSPS) is 26.8. The van der Waals surface area contributed by atoms with E-state index in [1.807, 2.05) is 0 Å². The molecule has 70 valence electrons. The Hall–Kier alpha value is -0.0400. The molecule has 1 heteroatoms. The van der Waals surface area contributed by atoms with Gasteiger partial charge in [0.15, 0.2) is 0 Å². The second-order valence-corrected chi connectivity index (χ2v) is 4.82. The first-order valence-electron chi connectivity index (χ1n) is 5.58. The summed E-state index contributed by atoms with van der Waals surface area (Å²) in [5, 5.41) is 3.61. The summed E-state index contributed by atoms with van der Waals surface area (Å²) in [4.78, 5) is 0. The third-order valence-electron chi connectivity index (χ3n) is 3.29. The second-order valence-electron chi connectivity index (χ2n) is 4.82. The quantitative estimate of drug-likeness (QED) is 0.663. The Morgan fingerprint density at radius 1 is 1.25 bits per heavy atom. The van der Waals surface area contributed by atoms with Crippen LogP contribution in [0.25, 0.3) is 0 Å². The van der Waals surface area contributed by atoms with Gasteiger partial charge in [-0.05, 0) is 37.6 Å². The molecule has 12 heavy (non-hydrogen) atoms. The van der Waals surface area contributed by atoms with Gasteiger partial charge in [0.2, 0.25) is 0 Å². The van der Waals surface area contributed by atoms with Crippen LogP contribution in [0, 0.1) is 11.8 Å². The van der Waals surface area contributed by atoms with Gasteiger partial charge in [-0.1, -0.05) is 26.2 Å². The highest BCUT2D eigenvalue weighted by atomic mass is 14.9. The van der Waals surface area contributed by atoms with Crippen LogP contribution in [0.1, 0.15) is 45.4 Å². The third kappa shape index (κ3) is 2.48. The van der Waals surface area contributed by atoms with Gasteiger partial charge in [-0.15, -0.1) is 0 Å². The summed E-state index contributed by atoms with van der Waals surface area (Å²) >= 11 is 0. The molecule has 0 heterocycles. The number of hydrogen-bond donors (Lipinski definition) is 1. The maximum Gasteiger partial charge on any atom is 0.00683 e. The molecular formula is C11H21N. The van der Waals surface area contributed by atoms with Crippen molar-refractivity contribution in [1.29, 1.82) is 0 Å². The lowest BCUT2D eigenvalue weighted by molar-refractivity contribution is 0.253. The fourth-order valence-electron chi connectivity index (χ4n) is 2.04. The van der Waals surface area contributed by atoms with Crippen LogP contribution in [0.4, 0.5) is 0 Å². The maximum absolute atomic E-state index is 3.61. The van der Waals surface area contributed by atoms with Crippen molar-refractivity contribution in [2.45, 2.75) is 51.5 Å². The molecule has 0 aliphatic heterocycles. The molecule has 2 saturated carbocycles. The van der Waals surface area contributed by atoms with Crippen molar-refractivity contribution in [3.63, 3.8) is 0 Å². The van der Waals surface area contributed by atoms with E-state index in [9.17, 15) is 0 Å². The van der Waals surface area contributed by atoms with Crippen molar-refractivity contribution in [2.24, 2.45) is 11.8 Å². The Morgan fingerprint density at radius 3 is 2.50 bits per heavy atom. The summed E-state index contributed by atoms with van der Waals surface area (Å²) < 4.78 is 0. The molecular weight excluding hydrogens is 146 g/mol. The van der Waals surface area contributed by atoms with E-state index < -0.39 is 0 Å². The highest BCUT2D eigenvalue weighted by Crippen LogP contribution is 2.32. The highest BCUT2D eigenvalue weighted by molar-refractivity contribution is 4.82. The lowest BCUT2D eigenvalue weighted by Gasteiger charge is -2.28. The number of nitrogens with one attached hydrogen (secondary N) is 1. The van der Waals surface area contributed by atoms with Crippen LogP contribution in [0.5, 0.6) is 0 Å². The predicted molar refractivity (Wildman–Crippen MR) is 52.1 cm³/mol. The van der Waals surface area contributed by atoms with Gasteiger partial charge in [0.25, 0.3) is 0 Å². The van der Waals surface area contributed by atoms with Gasteiger partial charge in [0.05, 0.1) is 0 Å². The Kier molecular flexibility index (Phi) is 2.69. The fourth-order valence-corrected chi connectivity index (χ4v) is 2.04. The zero-order chi connectivity index (χ0) is 8.39. The van der Waals surface area contributed by atoms with Crippen molar-refractivity contribution in [3.05, 3.63) is 0 Å². The molecule has 1 unspecified atom stereocenters. The van der Waals surface area contributed by atoms with Crippen LogP contribution < -0.4 is 5.32 Å². The molecule has 2 fully saturated rings. The molecule has 2 rings (SSSR count). The lowest BCUT2D eigenvalue weighted by atomic mass is 9.79. The first kappa shape index (κ1) is 8.55. The lowest BCUT2D eigenvalue weighted by Crippen LogP contribution is -2.26. The van der Waals surface area contributed by atoms with Crippen molar-refractivity contribution < 1.29 is 0 Å². The molecule has 0 radical (unpaired) electrons. The molecule has 0 bridgehead atoms. The van der Waals surface area contributed by atoms with Crippen molar-refractivity contribution in [1.82, 2.24) is 5.32 Å². The van der Waals surface area contributed by atoms with Crippen molar-refractivity contribution >= 4 is 0 Å². The monoisotopic (exact) mass is 167 g/mol. The van der Waals surface area contributed by atoms with Crippen LogP contribution in [-0.2, 0) is 0 Å². The topological polar surface area (TPSA) is 12.0 Å². The van der Waals surface area contributed by atoms with Crippen molar-refractivity contribution in [2.75, 3.05) is 6.54 Å². The highest BCUT2D eigenvalue weighted by Gasteiger charge is 2.23. The average Bonchev–Trinajstić information content (AvgIpc) is 2.76. The van der Waals surface area contributed by atoms with Gasteiger partial charge < -0.3 is 5.32 Å². The molecule has 0 amide bonds. The zero-order valence-corrected chi connectivity index (χ0v) is 8.18. The molecule has 0 saturated heterocycles. The summed E-state index contributed by atoms with van der Waals surface area (Å²) in [6, 6.07) is 0.897. The summed E-state index contributed by atoms with van der Waals surface area (Å²) in [6.45, 7) is 3.66. The molecule has 0 aromatic rings. The van der Waals surface area contributed by atoms with E-state index in [-0.39, 0.29) is 0 Å². The largest absolute Gasteiger partial charge is 0.314 e. The van der Waals surface area contributed by atoms with Crippen LogP contribution in [0.2, 0.25) is 0 Å². The van der Waals surface area contributed by atoms with Crippen LogP contribution in [0.15, 0.2) is 0 Å². The Labute approximate surface area is 75.9 Å². The van der Waals surface area contributed by atoms with E-state index in [1.54, 1.807) is 0 Å². The molecule has 0 aromatic carbocycles. The van der Waals surface area contributed by atoms with Crippen molar-refractivity contribution in [3.8, 4) is 0 Å². The van der Waals surface area contributed by atoms with E-state index in [1.165, 1.54) is 45.1 Å². The Bertz CT molecular complexity index is 136. The molecule has 1 nitrogen and oxygen atoms in total. The van der Waals surface area contributed by atoms with Crippen LogP contribution in [-0.4, -0.2) is 12.6 Å². The number of rotatable bonds is 5. The SMILES string of the molecule is CC(CNC1CC1)CC1CCC1. The van der Waals surface area contributed by atoms with E-state index in [4.69, 9.17) is 0 Å². The average molecular weight is 167 g/mol. The second kappa shape index (κ2) is 3.78. The van der Waals surface area contributed by atoms with E-state index in [2.05, 4.69) is 12.2 Å². The molecule has 2 aliphatic rings. The fraction of sp³-hybridized carbons (Fsp3) is 1.00.